The standard InChI is InChI=1S/C15H20F2N2OS/c1-3-21-7-6-10(2)19-14(20)9-18-15(19)12-5-4-11(16)8-13(12)17/h4-5,8,10,15,18H,3,6-7,9H2,1-2H3. The maximum Gasteiger partial charge on any atom is 0.238 e. The van der Waals surface area contributed by atoms with E-state index in [9.17, 15) is 13.6 Å². The number of halogens is 2. The molecular weight excluding hydrogens is 294 g/mol. The van der Waals surface area contributed by atoms with Crippen molar-refractivity contribution in [2.45, 2.75) is 32.5 Å². The molecule has 1 aromatic carbocycles. The van der Waals surface area contributed by atoms with Gasteiger partial charge in [0.05, 0.1) is 6.54 Å². The molecule has 1 saturated heterocycles. The number of benzene rings is 1. The van der Waals surface area contributed by atoms with Crippen molar-refractivity contribution < 1.29 is 13.6 Å². The van der Waals surface area contributed by atoms with E-state index < -0.39 is 17.8 Å². The van der Waals surface area contributed by atoms with E-state index in [-0.39, 0.29) is 18.5 Å². The highest BCUT2D eigenvalue weighted by Gasteiger charge is 2.36. The lowest BCUT2D eigenvalue weighted by Gasteiger charge is -2.31. The predicted octanol–water partition coefficient (Wildman–Crippen LogP) is 2.93. The zero-order chi connectivity index (χ0) is 15.4. The fourth-order valence-corrected chi connectivity index (χ4v) is 3.33. The zero-order valence-corrected chi connectivity index (χ0v) is 13.1. The second-order valence-corrected chi connectivity index (χ2v) is 6.48. The van der Waals surface area contributed by atoms with Gasteiger partial charge in [0.2, 0.25) is 5.91 Å². The van der Waals surface area contributed by atoms with E-state index in [0.29, 0.717) is 5.56 Å². The Morgan fingerprint density at radius 1 is 1.48 bits per heavy atom. The van der Waals surface area contributed by atoms with Crippen LogP contribution in [0.3, 0.4) is 0 Å². The van der Waals surface area contributed by atoms with Crippen molar-refractivity contribution in [1.82, 2.24) is 10.2 Å². The molecule has 0 spiro atoms. The number of hydrogen-bond donors (Lipinski definition) is 1. The van der Waals surface area contributed by atoms with Crippen LogP contribution in [0.25, 0.3) is 0 Å². The molecule has 116 valence electrons. The van der Waals surface area contributed by atoms with Gasteiger partial charge in [0.25, 0.3) is 0 Å². The summed E-state index contributed by atoms with van der Waals surface area (Å²) in [6.45, 7) is 4.25. The van der Waals surface area contributed by atoms with Crippen LogP contribution in [0.4, 0.5) is 8.78 Å². The third-order valence-corrected chi connectivity index (χ3v) is 4.56. The van der Waals surface area contributed by atoms with E-state index in [2.05, 4.69) is 12.2 Å². The van der Waals surface area contributed by atoms with Gasteiger partial charge in [-0.15, -0.1) is 0 Å². The summed E-state index contributed by atoms with van der Waals surface area (Å²) in [5, 5.41) is 3.01. The summed E-state index contributed by atoms with van der Waals surface area (Å²) in [4.78, 5) is 13.7. The average molecular weight is 314 g/mol. The molecule has 2 unspecified atom stereocenters. The minimum atomic E-state index is -0.623. The van der Waals surface area contributed by atoms with Gasteiger partial charge in [0.1, 0.15) is 17.8 Å². The van der Waals surface area contributed by atoms with Crippen molar-refractivity contribution in [2.75, 3.05) is 18.1 Å². The zero-order valence-electron chi connectivity index (χ0n) is 12.2. The molecule has 1 aromatic rings. The highest BCUT2D eigenvalue weighted by atomic mass is 32.2. The van der Waals surface area contributed by atoms with Crippen molar-refractivity contribution in [3.63, 3.8) is 0 Å². The van der Waals surface area contributed by atoms with E-state index in [1.165, 1.54) is 12.1 Å². The van der Waals surface area contributed by atoms with Crippen molar-refractivity contribution in [3.8, 4) is 0 Å². The summed E-state index contributed by atoms with van der Waals surface area (Å²) in [5.41, 5.74) is 0.317. The quantitative estimate of drug-likeness (QED) is 0.820. The van der Waals surface area contributed by atoms with Crippen molar-refractivity contribution in [3.05, 3.63) is 35.4 Å². The monoisotopic (exact) mass is 314 g/mol. The fourth-order valence-electron chi connectivity index (χ4n) is 2.54. The molecule has 1 amide bonds. The van der Waals surface area contributed by atoms with Gasteiger partial charge in [-0.2, -0.15) is 11.8 Å². The molecule has 21 heavy (non-hydrogen) atoms. The minimum Gasteiger partial charge on any atom is -0.319 e. The van der Waals surface area contributed by atoms with Crippen LogP contribution in [-0.4, -0.2) is 34.9 Å². The van der Waals surface area contributed by atoms with Gasteiger partial charge in [-0.1, -0.05) is 6.92 Å². The van der Waals surface area contributed by atoms with E-state index in [1.54, 1.807) is 4.90 Å². The number of rotatable bonds is 6. The van der Waals surface area contributed by atoms with Gasteiger partial charge >= 0.3 is 0 Å². The smallest absolute Gasteiger partial charge is 0.238 e. The molecule has 0 aliphatic carbocycles. The SMILES string of the molecule is CCSCCC(C)N1C(=O)CNC1c1ccc(F)cc1F. The van der Waals surface area contributed by atoms with Crippen LogP contribution in [0.2, 0.25) is 0 Å². The van der Waals surface area contributed by atoms with Crippen LogP contribution in [0.15, 0.2) is 18.2 Å². The Hall–Kier alpha value is -1.14. The predicted molar refractivity (Wildman–Crippen MR) is 81.0 cm³/mol. The van der Waals surface area contributed by atoms with E-state index in [0.717, 1.165) is 24.0 Å². The summed E-state index contributed by atoms with van der Waals surface area (Å²) in [5.74, 6) is 0.717. The molecule has 2 rings (SSSR count). The number of carbonyl (C=O) groups excluding carboxylic acids is 1. The van der Waals surface area contributed by atoms with Crippen LogP contribution < -0.4 is 5.32 Å². The molecule has 0 radical (unpaired) electrons. The van der Waals surface area contributed by atoms with Gasteiger partial charge in [-0.3, -0.25) is 10.1 Å². The lowest BCUT2D eigenvalue weighted by molar-refractivity contribution is -0.130. The van der Waals surface area contributed by atoms with Crippen LogP contribution in [-0.2, 0) is 4.79 Å². The van der Waals surface area contributed by atoms with Gasteiger partial charge in [0.15, 0.2) is 0 Å². The second kappa shape index (κ2) is 7.22. The number of hydrogen-bond acceptors (Lipinski definition) is 3. The summed E-state index contributed by atoms with van der Waals surface area (Å²) < 4.78 is 27.0. The Kier molecular flexibility index (Phi) is 5.58. The van der Waals surface area contributed by atoms with Gasteiger partial charge < -0.3 is 4.90 Å². The summed E-state index contributed by atoms with van der Waals surface area (Å²) >= 11 is 1.82. The number of thioether (sulfide) groups is 1. The molecule has 1 N–H and O–H groups in total. The molecule has 0 saturated carbocycles. The Balaban J connectivity index is 2.16. The lowest BCUT2D eigenvalue weighted by Crippen LogP contribution is -2.38. The van der Waals surface area contributed by atoms with E-state index in [1.807, 2.05) is 18.7 Å². The first-order valence-corrected chi connectivity index (χ1v) is 8.27. The highest BCUT2D eigenvalue weighted by Crippen LogP contribution is 2.28. The maximum absolute atomic E-state index is 14.0. The third kappa shape index (κ3) is 3.74. The Labute approximate surface area is 128 Å². The van der Waals surface area contributed by atoms with Gasteiger partial charge in [-0.25, -0.2) is 8.78 Å². The highest BCUT2D eigenvalue weighted by molar-refractivity contribution is 7.99. The van der Waals surface area contributed by atoms with E-state index >= 15 is 0 Å². The largest absolute Gasteiger partial charge is 0.319 e. The number of nitrogens with one attached hydrogen (secondary N) is 1. The van der Waals surface area contributed by atoms with E-state index in [4.69, 9.17) is 0 Å². The molecule has 3 nitrogen and oxygen atoms in total. The number of carbonyl (C=O) groups is 1. The molecule has 6 heteroatoms. The first-order valence-electron chi connectivity index (χ1n) is 7.11. The first kappa shape index (κ1) is 16.2. The fraction of sp³-hybridized carbons (Fsp3) is 0.533. The molecular formula is C15H20F2N2OS. The molecule has 1 heterocycles. The minimum absolute atomic E-state index is 0.0148. The number of amides is 1. The summed E-state index contributed by atoms with van der Waals surface area (Å²) in [6.07, 6.45) is 0.338. The third-order valence-electron chi connectivity index (χ3n) is 3.63. The molecule has 1 fully saturated rings. The Bertz CT molecular complexity index is 512. The maximum atomic E-state index is 14.0. The lowest BCUT2D eigenvalue weighted by atomic mass is 10.1. The first-order chi connectivity index (χ1) is 10.0. The Morgan fingerprint density at radius 3 is 2.90 bits per heavy atom. The van der Waals surface area contributed by atoms with Gasteiger partial charge in [0, 0.05) is 17.7 Å². The molecule has 1 aliphatic heterocycles. The van der Waals surface area contributed by atoms with Crippen molar-refractivity contribution >= 4 is 17.7 Å². The molecule has 2 atom stereocenters. The average Bonchev–Trinajstić information content (AvgIpc) is 2.80. The normalized spacial score (nSPS) is 20.1. The summed E-state index contributed by atoms with van der Waals surface area (Å²) in [6, 6.07) is 3.50. The number of nitrogens with zero attached hydrogens (tertiary/aromatic N) is 1. The molecule has 1 aliphatic rings. The van der Waals surface area contributed by atoms with Crippen LogP contribution in [0.1, 0.15) is 32.0 Å². The van der Waals surface area contributed by atoms with Crippen molar-refractivity contribution in [2.24, 2.45) is 0 Å². The Morgan fingerprint density at radius 2 is 2.24 bits per heavy atom. The van der Waals surface area contributed by atoms with Crippen molar-refractivity contribution in [1.29, 1.82) is 0 Å². The molecule has 0 aromatic heterocycles. The molecule has 0 bridgehead atoms. The van der Waals surface area contributed by atoms with Crippen LogP contribution in [0, 0.1) is 11.6 Å². The van der Waals surface area contributed by atoms with Crippen LogP contribution in [0.5, 0.6) is 0 Å². The topological polar surface area (TPSA) is 32.3 Å². The van der Waals surface area contributed by atoms with Crippen LogP contribution >= 0.6 is 11.8 Å². The van der Waals surface area contributed by atoms with Gasteiger partial charge in [-0.05, 0) is 37.0 Å². The summed E-state index contributed by atoms with van der Waals surface area (Å²) in [7, 11) is 0. The second-order valence-electron chi connectivity index (χ2n) is 5.08.